The monoisotopic (exact) mass is 563 g/mol. The summed E-state index contributed by atoms with van der Waals surface area (Å²) in [4.78, 5) is 39.6. The molecule has 2 amide bonds. The van der Waals surface area contributed by atoms with Crippen molar-refractivity contribution in [2.24, 2.45) is 0 Å². The number of thioether (sulfide) groups is 1. The Kier molecular flexibility index (Phi) is 7.23. The molecule has 0 unspecified atom stereocenters. The Morgan fingerprint density at radius 3 is 2.70 bits per heavy atom. The lowest BCUT2D eigenvalue weighted by molar-refractivity contribution is -0.123. The first-order chi connectivity index (χ1) is 15.9. The van der Waals surface area contributed by atoms with Gasteiger partial charge in [-0.25, -0.2) is 4.79 Å². The summed E-state index contributed by atoms with van der Waals surface area (Å²) in [5.74, 6) is -0.368. The Bertz CT molecular complexity index is 1280. The number of benzene rings is 2. The first-order valence-corrected chi connectivity index (χ1v) is 12.4. The van der Waals surface area contributed by atoms with E-state index < -0.39 is 11.9 Å². The molecule has 1 aromatic heterocycles. The molecule has 33 heavy (non-hydrogen) atoms. The molecule has 2 heterocycles. The second kappa shape index (κ2) is 10.1. The maximum Gasteiger partial charge on any atom is 0.353 e. The molecule has 0 N–H and O–H groups in total. The third-order valence-electron chi connectivity index (χ3n) is 4.57. The number of ether oxygens (including phenoxy) is 2. The van der Waals surface area contributed by atoms with E-state index in [1.165, 1.54) is 23.3 Å². The van der Waals surface area contributed by atoms with Gasteiger partial charge >= 0.3 is 5.97 Å². The molecule has 0 bridgehead atoms. The minimum absolute atomic E-state index is 0.132. The van der Waals surface area contributed by atoms with Crippen molar-refractivity contribution in [2.75, 3.05) is 7.11 Å². The summed E-state index contributed by atoms with van der Waals surface area (Å²) >= 11 is 11.5. The van der Waals surface area contributed by atoms with Gasteiger partial charge in [-0.2, -0.15) is 0 Å². The number of imide groups is 1. The molecule has 1 saturated heterocycles. The number of nitrogens with zero attached hydrogens (tertiary/aromatic N) is 1. The molecule has 1 aliphatic rings. The van der Waals surface area contributed by atoms with Crippen molar-refractivity contribution >= 4 is 73.8 Å². The molecule has 6 nitrogen and oxygen atoms in total. The number of hydrogen-bond acceptors (Lipinski definition) is 7. The van der Waals surface area contributed by atoms with Crippen LogP contribution >= 0.6 is 50.6 Å². The standard InChI is InChI=1S/C23H15BrClNO5S2/c1-30-17-10-14(9-16(24)20(17)31-22(28)18-6-3-7-32-18)11-19-21(27)26(23(29)33-19)12-13-4-2-5-15(25)8-13/h2-11H,12H2,1H3/b19-11-. The van der Waals surface area contributed by atoms with Crippen LogP contribution in [0.3, 0.4) is 0 Å². The predicted octanol–water partition coefficient (Wildman–Crippen LogP) is 6.63. The van der Waals surface area contributed by atoms with Crippen molar-refractivity contribution in [3.05, 3.63) is 84.3 Å². The Morgan fingerprint density at radius 2 is 2.00 bits per heavy atom. The van der Waals surface area contributed by atoms with Gasteiger partial charge in [0.1, 0.15) is 4.88 Å². The van der Waals surface area contributed by atoms with Crippen LogP contribution in [-0.2, 0) is 11.3 Å². The third-order valence-corrected chi connectivity index (χ3v) is 7.15. The van der Waals surface area contributed by atoms with Gasteiger partial charge in [0, 0.05) is 5.02 Å². The number of thiophene rings is 1. The molecule has 4 rings (SSSR count). The fourth-order valence-electron chi connectivity index (χ4n) is 3.07. The van der Waals surface area contributed by atoms with E-state index in [-0.39, 0.29) is 22.4 Å². The molecule has 2 aromatic carbocycles. The summed E-state index contributed by atoms with van der Waals surface area (Å²) in [6.07, 6.45) is 1.60. The van der Waals surface area contributed by atoms with Crippen molar-refractivity contribution in [1.29, 1.82) is 0 Å². The van der Waals surface area contributed by atoms with Crippen LogP contribution in [0.15, 0.2) is 63.3 Å². The number of halogens is 2. The Morgan fingerprint density at radius 1 is 1.18 bits per heavy atom. The van der Waals surface area contributed by atoms with E-state index in [1.54, 1.807) is 60.0 Å². The van der Waals surface area contributed by atoms with Crippen LogP contribution in [0.2, 0.25) is 5.02 Å². The number of carbonyl (C=O) groups excluding carboxylic acids is 3. The normalized spacial score (nSPS) is 14.8. The van der Waals surface area contributed by atoms with Gasteiger partial charge in [-0.1, -0.05) is 29.8 Å². The van der Waals surface area contributed by atoms with Gasteiger partial charge in [0.15, 0.2) is 11.5 Å². The molecule has 0 atom stereocenters. The molecular weight excluding hydrogens is 550 g/mol. The second-order valence-electron chi connectivity index (χ2n) is 6.80. The lowest BCUT2D eigenvalue weighted by Crippen LogP contribution is -2.27. The summed E-state index contributed by atoms with van der Waals surface area (Å²) in [5, 5.41) is 1.95. The van der Waals surface area contributed by atoms with Crippen molar-refractivity contribution in [2.45, 2.75) is 6.54 Å². The number of esters is 1. The van der Waals surface area contributed by atoms with E-state index in [9.17, 15) is 14.4 Å². The second-order valence-corrected chi connectivity index (χ2v) is 10.0. The summed E-state index contributed by atoms with van der Waals surface area (Å²) in [6, 6.07) is 13.8. The highest BCUT2D eigenvalue weighted by atomic mass is 79.9. The summed E-state index contributed by atoms with van der Waals surface area (Å²) < 4.78 is 11.4. The van der Waals surface area contributed by atoms with Crippen LogP contribution < -0.4 is 9.47 Å². The van der Waals surface area contributed by atoms with Gasteiger partial charge < -0.3 is 9.47 Å². The Balaban J connectivity index is 1.57. The topological polar surface area (TPSA) is 72.9 Å². The fourth-order valence-corrected chi connectivity index (χ4v) is 5.26. The van der Waals surface area contributed by atoms with E-state index >= 15 is 0 Å². The summed E-state index contributed by atoms with van der Waals surface area (Å²) in [5.41, 5.74) is 1.36. The molecule has 3 aromatic rings. The van der Waals surface area contributed by atoms with Crippen LogP contribution in [0.5, 0.6) is 11.5 Å². The van der Waals surface area contributed by atoms with Crippen LogP contribution in [0.1, 0.15) is 20.8 Å². The first-order valence-electron chi connectivity index (χ1n) is 9.48. The van der Waals surface area contributed by atoms with Crippen LogP contribution in [0, 0.1) is 0 Å². The minimum Gasteiger partial charge on any atom is -0.493 e. The Hall–Kier alpha value is -2.59. The average Bonchev–Trinajstić information content (AvgIpc) is 3.40. The zero-order valence-electron chi connectivity index (χ0n) is 17.0. The highest BCUT2D eigenvalue weighted by Gasteiger charge is 2.35. The smallest absolute Gasteiger partial charge is 0.353 e. The van der Waals surface area contributed by atoms with Gasteiger partial charge in [0.05, 0.1) is 23.0 Å². The van der Waals surface area contributed by atoms with Crippen LogP contribution in [0.4, 0.5) is 4.79 Å². The van der Waals surface area contributed by atoms with Crippen molar-refractivity contribution in [3.63, 3.8) is 0 Å². The number of methoxy groups -OCH3 is 1. The molecular formula is C23H15BrClNO5S2. The largest absolute Gasteiger partial charge is 0.493 e. The predicted molar refractivity (Wildman–Crippen MR) is 133 cm³/mol. The number of carbonyl (C=O) groups is 3. The number of amides is 2. The molecule has 0 aliphatic carbocycles. The maximum atomic E-state index is 12.9. The maximum absolute atomic E-state index is 12.9. The van der Waals surface area contributed by atoms with E-state index in [4.69, 9.17) is 21.1 Å². The summed E-state index contributed by atoms with van der Waals surface area (Å²) in [7, 11) is 1.45. The van der Waals surface area contributed by atoms with Crippen molar-refractivity contribution in [3.8, 4) is 11.5 Å². The van der Waals surface area contributed by atoms with Gasteiger partial charge in [-0.05, 0) is 80.6 Å². The lowest BCUT2D eigenvalue weighted by atomic mass is 10.1. The highest BCUT2D eigenvalue weighted by Crippen LogP contribution is 2.40. The van der Waals surface area contributed by atoms with E-state index in [0.29, 0.717) is 25.7 Å². The van der Waals surface area contributed by atoms with Crippen LogP contribution in [0.25, 0.3) is 6.08 Å². The highest BCUT2D eigenvalue weighted by molar-refractivity contribution is 9.10. The number of hydrogen-bond donors (Lipinski definition) is 0. The fraction of sp³-hybridized carbons (Fsp3) is 0.0870. The molecule has 0 saturated carbocycles. The van der Waals surface area contributed by atoms with Crippen molar-refractivity contribution in [1.82, 2.24) is 4.90 Å². The Labute approximate surface area is 211 Å². The SMILES string of the molecule is COc1cc(/C=C2\SC(=O)N(Cc3cccc(Cl)c3)C2=O)cc(Br)c1OC(=O)c1cccs1. The lowest BCUT2D eigenvalue weighted by Gasteiger charge is -2.13. The molecule has 1 fully saturated rings. The zero-order valence-corrected chi connectivity index (χ0v) is 21.0. The minimum atomic E-state index is -0.501. The van der Waals surface area contributed by atoms with E-state index in [1.807, 2.05) is 0 Å². The quantitative estimate of drug-likeness (QED) is 0.190. The van der Waals surface area contributed by atoms with Gasteiger partial charge in [-0.3, -0.25) is 14.5 Å². The summed E-state index contributed by atoms with van der Waals surface area (Å²) in [6.45, 7) is 0.132. The molecule has 168 valence electrons. The van der Waals surface area contributed by atoms with E-state index in [2.05, 4.69) is 15.9 Å². The molecule has 10 heteroatoms. The van der Waals surface area contributed by atoms with E-state index in [0.717, 1.165) is 17.3 Å². The molecule has 1 aliphatic heterocycles. The van der Waals surface area contributed by atoms with Gasteiger partial charge in [-0.15, -0.1) is 11.3 Å². The van der Waals surface area contributed by atoms with Gasteiger partial charge in [0.2, 0.25) is 0 Å². The molecule has 0 spiro atoms. The third kappa shape index (κ3) is 5.33. The van der Waals surface area contributed by atoms with Gasteiger partial charge in [0.25, 0.3) is 11.1 Å². The van der Waals surface area contributed by atoms with Crippen molar-refractivity contribution < 1.29 is 23.9 Å². The molecule has 0 radical (unpaired) electrons. The van der Waals surface area contributed by atoms with Crippen LogP contribution in [-0.4, -0.2) is 29.1 Å². The average molecular weight is 565 g/mol. The number of rotatable bonds is 6. The zero-order chi connectivity index (χ0) is 23.5. The first kappa shape index (κ1) is 23.6.